The number of amides is 1. The van der Waals surface area contributed by atoms with Crippen molar-refractivity contribution in [2.45, 2.75) is 20.1 Å². The monoisotopic (exact) mass is 380 g/mol. The van der Waals surface area contributed by atoms with E-state index in [1.807, 2.05) is 66.5 Å². The number of ether oxygens (including phenoxy) is 1. The van der Waals surface area contributed by atoms with Crippen LogP contribution >= 0.6 is 11.3 Å². The van der Waals surface area contributed by atoms with Crippen molar-refractivity contribution in [1.82, 2.24) is 4.90 Å². The van der Waals surface area contributed by atoms with Gasteiger partial charge in [0.25, 0.3) is 0 Å². The first-order chi connectivity index (χ1) is 13.1. The van der Waals surface area contributed by atoms with Crippen LogP contribution in [-0.4, -0.2) is 24.4 Å². The maximum atomic E-state index is 12.3. The molecule has 3 rings (SSSR count). The molecular weight excluding hydrogens is 356 g/mol. The third-order valence-corrected chi connectivity index (χ3v) is 5.19. The van der Waals surface area contributed by atoms with Gasteiger partial charge >= 0.3 is 0 Å². The first-order valence-corrected chi connectivity index (χ1v) is 9.76. The predicted molar refractivity (Wildman–Crippen MR) is 111 cm³/mol. The number of nitrogens with one attached hydrogen (secondary N) is 1. The molecule has 0 spiro atoms. The quantitative estimate of drug-likeness (QED) is 0.615. The Morgan fingerprint density at radius 3 is 2.48 bits per heavy atom. The Balaban J connectivity index is 1.46. The molecule has 0 unspecified atom stereocenters. The van der Waals surface area contributed by atoms with Gasteiger partial charge in [-0.15, -0.1) is 11.3 Å². The molecule has 0 radical (unpaired) electrons. The minimum atomic E-state index is -0.0235. The van der Waals surface area contributed by atoms with Gasteiger partial charge in [0.15, 0.2) is 0 Å². The molecule has 0 atom stereocenters. The van der Waals surface area contributed by atoms with Gasteiger partial charge in [0.1, 0.15) is 12.4 Å². The zero-order valence-corrected chi connectivity index (χ0v) is 16.5. The van der Waals surface area contributed by atoms with Gasteiger partial charge in [-0.2, -0.15) is 0 Å². The van der Waals surface area contributed by atoms with Gasteiger partial charge in [0.2, 0.25) is 5.91 Å². The van der Waals surface area contributed by atoms with E-state index in [0.717, 1.165) is 23.5 Å². The Hall–Kier alpha value is -2.63. The molecule has 1 heterocycles. The number of nitrogens with zero attached hydrogens (tertiary/aromatic N) is 1. The number of likely N-dealkylation sites (N-methyl/N-ethyl adjacent to an activating group) is 1. The molecule has 2 aromatic carbocycles. The van der Waals surface area contributed by atoms with Crippen LogP contribution in [0.3, 0.4) is 0 Å². The van der Waals surface area contributed by atoms with Crippen molar-refractivity contribution in [2.75, 3.05) is 18.9 Å². The Bertz CT molecular complexity index is 860. The SMILES string of the molecule is Cc1ccsc1CN(C)CC(=O)Nc1ccc(OCc2ccccc2)cc1. The molecule has 27 heavy (non-hydrogen) atoms. The summed E-state index contributed by atoms with van der Waals surface area (Å²) >= 11 is 1.73. The first-order valence-electron chi connectivity index (χ1n) is 8.88. The lowest BCUT2D eigenvalue weighted by Crippen LogP contribution is -2.29. The lowest BCUT2D eigenvalue weighted by atomic mass is 10.2. The van der Waals surface area contributed by atoms with E-state index >= 15 is 0 Å². The second kappa shape index (κ2) is 9.35. The van der Waals surface area contributed by atoms with E-state index in [4.69, 9.17) is 4.74 Å². The summed E-state index contributed by atoms with van der Waals surface area (Å²) < 4.78 is 5.77. The number of aryl methyl sites for hydroxylation is 1. The van der Waals surface area contributed by atoms with E-state index in [9.17, 15) is 4.79 Å². The fourth-order valence-electron chi connectivity index (χ4n) is 2.69. The van der Waals surface area contributed by atoms with Gasteiger partial charge in [-0.25, -0.2) is 0 Å². The number of hydrogen-bond acceptors (Lipinski definition) is 4. The summed E-state index contributed by atoms with van der Waals surface area (Å²) in [6.07, 6.45) is 0. The molecule has 140 valence electrons. The van der Waals surface area contributed by atoms with Crippen molar-refractivity contribution >= 4 is 22.9 Å². The molecular formula is C22H24N2O2S. The molecule has 4 nitrogen and oxygen atoms in total. The highest BCUT2D eigenvalue weighted by Crippen LogP contribution is 2.18. The number of thiophene rings is 1. The molecule has 1 aromatic heterocycles. The number of carbonyl (C=O) groups is 1. The number of hydrogen-bond donors (Lipinski definition) is 1. The van der Waals surface area contributed by atoms with E-state index in [-0.39, 0.29) is 5.91 Å². The molecule has 5 heteroatoms. The topological polar surface area (TPSA) is 41.6 Å². The van der Waals surface area contributed by atoms with Crippen LogP contribution < -0.4 is 10.1 Å². The summed E-state index contributed by atoms with van der Waals surface area (Å²) in [5.74, 6) is 0.756. The van der Waals surface area contributed by atoms with E-state index in [0.29, 0.717) is 13.2 Å². The van der Waals surface area contributed by atoms with E-state index in [2.05, 4.69) is 23.7 Å². The van der Waals surface area contributed by atoms with E-state index in [1.54, 1.807) is 11.3 Å². The zero-order valence-electron chi connectivity index (χ0n) is 15.6. The highest BCUT2D eigenvalue weighted by molar-refractivity contribution is 7.10. The Labute approximate surface area is 164 Å². The van der Waals surface area contributed by atoms with Crippen LogP contribution in [0.1, 0.15) is 16.0 Å². The fraction of sp³-hybridized carbons (Fsp3) is 0.227. The number of rotatable bonds is 8. The third kappa shape index (κ3) is 5.94. The number of carbonyl (C=O) groups excluding carboxylic acids is 1. The van der Waals surface area contributed by atoms with Crippen LogP contribution in [0.2, 0.25) is 0 Å². The zero-order chi connectivity index (χ0) is 19.1. The summed E-state index contributed by atoms with van der Waals surface area (Å²) in [5, 5.41) is 5.02. The van der Waals surface area contributed by atoms with Crippen molar-refractivity contribution in [3.63, 3.8) is 0 Å². The molecule has 0 aliphatic heterocycles. The molecule has 0 aliphatic rings. The van der Waals surface area contributed by atoms with Gasteiger partial charge < -0.3 is 10.1 Å². The van der Waals surface area contributed by atoms with E-state index < -0.39 is 0 Å². The first kappa shape index (κ1) is 19.1. The average molecular weight is 381 g/mol. The summed E-state index contributed by atoms with van der Waals surface area (Å²) in [4.78, 5) is 15.6. The molecule has 0 saturated heterocycles. The van der Waals surface area contributed by atoms with Crippen molar-refractivity contribution in [2.24, 2.45) is 0 Å². The van der Waals surface area contributed by atoms with Crippen molar-refractivity contribution in [3.05, 3.63) is 82.0 Å². The van der Waals surface area contributed by atoms with Gasteiger partial charge in [-0.1, -0.05) is 30.3 Å². The fourth-order valence-corrected chi connectivity index (χ4v) is 3.67. The maximum Gasteiger partial charge on any atom is 0.238 e. The van der Waals surface area contributed by atoms with Gasteiger partial charge in [-0.05, 0) is 60.8 Å². The normalized spacial score (nSPS) is 10.8. The highest BCUT2D eigenvalue weighted by atomic mass is 32.1. The molecule has 3 aromatic rings. The summed E-state index contributed by atoms with van der Waals surface area (Å²) in [6.45, 7) is 3.76. The molecule has 0 saturated carbocycles. The third-order valence-electron chi connectivity index (χ3n) is 4.18. The van der Waals surface area contributed by atoms with Gasteiger partial charge in [-0.3, -0.25) is 9.69 Å². The van der Waals surface area contributed by atoms with Crippen LogP contribution in [0.15, 0.2) is 66.0 Å². The van der Waals surface area contributed by atoms with Crippen LogP contribution in [0.4, 0.5) is 5.69 Å². The minimum Gasteiger partial charge on any atom is -0.489 e. The Morgan fingerprint density at radius 1 is 1.07 bits per heavy atom. The smallest absolute Gasteiger partial charge is 0.238 e. The average Bonchev–Trinajstić information content (AvgIpc) is 3.06. The van der Waals surface area contributed by atoms with Gasteiger partial charge in [0, 0.05) is 17.1 Å². The van der Waals surface area contributed by atoms with E-state index in [1.165, 1.54) is 10.4 Å². The van der Waals surface area contributed by atoms with Crippen LogP contribution in [0.5, 0.6) is 5.75 Å². The standard InChI is InChI=1S/C22H24N2O2S/c1-17-12-13-27-21(17)14-24(2)15-22(25)23-19-8-10-20(11-9-19)26-16-18-6-4-3-5-7-18/h3-13H,14-16H2,1-2H3,(H,23,25). The largest absolute Gasteiger partial charge is 0.489 e. The van der Waals surface area contributed by atoms with Crippen LogP contribution in [0, 0.1) is 6.92 Å². The van der Waals surface area contributed by atoms with Crippen molar-refractivity contribution < 1.29 is 9.53 Å². The molecule has 0 aliphatic carbocycles. The second-order valence-electron chi connectivity index (χ2n) is 6.55. The van der Waals surface area contributed by atoms with Crippen LogP contribution in [0.25, 0.3) is 0 Å². The molecule has 0 bridgehead atoms. The predicted octanol–water partition coefficient (Wildman–Crippen LogP) is 4.71. The summed E-state index contributed by atoms with van der Waals surface area (Å²) in [7, 11) is 1.96. The van der Waals surface area contributed by atoms with Gasteiger partial charge in [0.05, 0.1) is 6.54 Å². The number of benzene rings is 2. The van der Waals surface area contributed by atoms with Crippen molar-refractivity contribution in [3.8, 4) is 5.75 Å². The minimum absolute atomic E-state index is 0.0235. The lowest BCUT2D eigenvalue weighted by Gasteiger charge is -2.16. The molecule has 0 fully saturated rings. The summed E-state index contributed by atoms with van der Waals surface area (Å²) in [6, 6.07) is 19.6. The molecule has 1 amide bonds. The van der Waals surface area contributed by atoms with Crippen LogP contribution in [-0.2, 0) is 17.9 Å². The Kier molecular flexibility index (Phi) is 6.63. The Morgan fingerprint density at radius 2 is 1.81 bits per heavy atom. The lowest BCUT2D eigenvalue weighted by molar-refractivity contribution is -0.117. The maximum absolute atomic E-state index is 12.3. The summed E-state index contributed by atoms with van der Waals surface area (Å²) in [5.41, 5.74) is 3.17. The highest BCUT2D eigenvalue weighted by Gasteiger charge is 2.09. The molecule has 1 N–H and O–H groups in total. The second-order valence-corrected chi connectivity index (χ2v) is 7.55. The number of anilines is 1. The van der Waals surface area contributed by atoms with Crippen molar-refractivity contribution in [1.29, 1.82) is 0 Å².